The van der Waals surface area contributed by atoms with Gasteiger partial charge in [-0.1, -0.05) is 24.3 Å². The van der Waals surface area contributed by atoms with E-state index >= 15 is 0 Å². The van der Waals surface area contributed by atoms with Gasteiger partial charge in [-0.25, -0.2) is 9.59 Å². The van der Waals surface area contributed by atoms with Crippen LogP contribution >= 0.6 is 0 Å². The fourth-order valence-electron chi connectivity index (χ4n) is 2.40. The van der Waals surface area contributed by atoms with Gasteiger partial charge in [0.25, 0.3) is 0 Å². The topological polar surface area (TPSA) is 155 Å². The number of hydrogen-bond donors (Lipinski definition) is 3. The van der Waals surface area contributed by atoms with Crippen molar-refractivity contribution in [1.82, 2.24) is 5.32 Å². The summed E-state index contributed by atoms with van der Waals surface area (Å²) >= 11 is 0. The zero-order chi connectivity index (χ0) is 18.7. The normalized spacial score (nSPS) is 22.2. The van der Waals surface area contributed by atoms with Gasteiger partial charge in [-0.2, -0.15) is 16.8 Å². The van der Waals surface area contributed by atoms with Gasteiger partial charge in [0.1, 0.15) is 9.73 Å². The molecular weight excluding hydrogens is 374 g/mol. The molecule has 25 heavy (non-hydrogen) atoms. The second kappa shape index (κ2) is 7.42. The van der Waals surface area contributed by atoms with Gasteiger partial charge < -0.3 is 10.2 Å². The molecule has 9 nitrogen and oxygen atoms in total. The minimum Gasteiger partial charge on any atom is -0.478 e. The van der Waals surface area contributed by atoms with Crippen LogP contribution in [0.5, 0.6) is 0 Å². The van der Waals surface area contributed by atoms with E-state index in [1.54, 1.807) is 0 Å². The lowest BCUT2D eigenvalue weighted by Gasteiger charge is -2.25. The van der Waals surface area contributed by atoms with Crippen LogP contribution in [-0.4, -0.2) is 60.8 Å². The lowest BCUT2D eigenvalue weighted by Crippen LogP contribution is -2.49. The molecule has 0 aliphatic heterocycles. The Morgan fingerprint density at radius 3 is 1.44 bits per heavy atom. The number of carbonyl (C=O) groups is 2. The average Bonchev–Trinajstić information content (AvgIpc) is 2.53. The minimum atomic E-state index is -2.89. The lowest BCUT2D eigenvalue weighted by atomic mass is 9.96. The Kier molecular flexibility index (Phi) is 5.51. The molecular formula is C14H11NO8S2. The number of allylic oxidation sites excluding steroid dienone is 4. The number of carboxylic acids is 2. The molecule has 2 aliphatic rings. The van der Waals surface area contributed by atoms with E-state index in [0.717, 1.165) is 12.2 Å². The second-order valence-corrected chi connectivity index (χ2v) is 6.68. The van der Waals surface area contributed by atoms with Crippen LogP contribution in [-0.2, 0) is 30.2 Å². The van der Waals surface area contributed by atoms with Crippen LogP contribution in [0, 0.1) is 0 Å². The molecule has 0 saturated heterocycles. The summed E-state index contributed by atoms with van der Waals surface area (Å²) in [7, 11) is -5.78. The zero-order valence-corrected chi connectivity index (χ0v) is 13.9. The highest BCUT2D eigenvalue weighted by atomic mass is 32.2. The summed E-state index contributed by atoms with van der Waals surface area (Å²) < 4.78 is 45.8. The van der Waals surface area contributed by atoms with E-state index < -0.39 is 65.5 Å². The van der Waals surface area contributed by atoms with Gasteiger partial charge in [0.2, 0.25) is 20.6 Å². The highest BCUT2D eigenvalue weighted by molar-refractivity contribution is 7.74. The van der Waals surface area contributed by atoms with Crippen molar-refractivity contribution in [3.05, 3.63) is 47.6 Å². The predicted octanol–water partition coefficient (Wildman–Crippen LogP) is -1.42. The van der Waals surface area contributed by atoms with Crippen molar-refractivity contribution in [2.24, 2.45) is 0 Å². The quantitative estimate of drug-likeness (QED) is 0.494. The minimum absolute atomic E-state index is 0.466. The van der Waals surface area contributed by atoms with Crippen molar-refractivity contribution in [2.75, 3.05) is 0 Å². The monoisotopic (exact) mass is 385 g/mol. The Morgan fingerprint density at radius 2 is 1.16 bits per heavy atom. The molecule has 0 saturated carbocycles. The van der Waals surface area contributed by atoms with Crippen LogP contribution in [0.25, 0.3) is 0 Å². The zero-order valence-electron chi connectivity index (χ0n) is 12.3. The van der Waals surface area contributed by atoms with Gasteiger partial charge in [0, 0.05) is 0 Å². The van der Waals surface area contributed by atoms with E-state index in [0.29, 0.717) is 0 Å². The first kappa shape index (κ1) is 18.6. The molecule has 11 heteroatoms. The maximum atomic E-state index is 11.4. The molecule has 2 aliphatic carbocycles. The Balaban J connectivity index is 2.46. The van der Waals surface area contributed by atoms with E-state index in [4.69, 9.17) is 10.2 Å². The Bertz CT molecular complexity index is 938. The Hall–Kier alpha value is -2.76. The molecule has 0 heterocycles. The molecule has 2 unspecified atom stereocenters. The molecule has 0 aromatic heterocycles. The largest absolute Gasteiger partial charge is 0.478 e. The third-order valence-corrected chi connectivity index (χ3v) is 5.07. The molecule has 0 aromatic rings. The molecule has 0 spiro atoms. The molecule has 0 radical (unpaired) electrons. The van der Waals surface area contributed by atoms with Crippen LogP contribution in [0.15, 0.2) is 47.6 Å². The van der Waals surface area contributed by atoms with Gasteiger partial charge >= 0.3 is 11.9 Å². The summed E-state index contributed by atoms with van der Waals surface area (Å²) in [6, 6.07) is -2.29. The first-order valence-electron chi connectivity index (χ1n) is 6.66. The van der Waals surface area contributed by atoms with Crippen molar-refractivity contribution in [3.8, 4) is 0 Å². The van der Waals surface area contributed by atoms with Crippen molar-refractivity contribution >= 4 is 42.3 Å². The summed E-state index contributed by atoms with van der Waals surface area (Å²) in [5, 5.41) is 20.9. The van der Waals surface area contributed by atoms with E-state index in [1.807, 2.05) is 0 Å². The van der Waals surface area contributed by atoms with E-state index in [2.05, 4.69) is 5.32 Å². The van der Waals surface area contributed by atoms with E-state index in [1.165, 1.54) is 24.3 Å². The predicted molar refractivity (Wildman–Crippen MR) is 88.3 cm³/mol. The molecule has 0 amide bonds. The molecule has 0 fully saturated rings. The molecule has 0 bridgehead atoms. The van der Waals surface area contributed by atoms with Crippen molar-refractivity contribution in [2.45, 2.75) is 12.1 Å². The van der Waals surface area contributed by atoms with Gasteiger partial charge in [0.05, 0.1) is 23.2 Å². The SMILES string of the molecule is O=C(O)C1=CC=CC(NC2C=CC=C(C(=O)O)C2=S(=O)=O)C1=S(=O)=O. The summed E-state index contributed by atoms with van der Waals surface area (Å²) in [4.78, 5) is 21.4. The van der Waals surface area contributed by atoms with Crippen molar-refractivity contribution in [3.63, 3.8) is 0 Å². The van der Waals surface area contributed by atoms with Gasteiger partial charge in [-0.3, -0.25) is 5.32 Å². The van der Waals surface area contributed by atoms with Gasteiger partial charge in [-0.05, 0) is 12.2 Å². The maximum absolute atomic E-state index is 11.4. The smallest absolute Gasteiger partial charge is 0.337 e. The number of carboxylic acid groups (broad SMARTS) is 2. The number of hydrogen-bond acceptors (Lipinski definition) is 7. The summed E-state index contributed by atoms with van der Waals surface area (Å²) in [6.45, 7) is 0. The molecule has 3 N–H and O–H groups in total. The Labute approximate surface area is 144 Å². The first-order chi connectivity index (χ1) is 11.7. The van der Waals surface area contributed by atoms with Crippen LogP contribution in [0.4, 0.5) is 0 Å². The third-order valence-electron chi connectivity index (χ3n) is 3.41. The molecule has 2 rings (SSSR count). The summed E-state index contributed by atoms with van der Waals surface area (Å²) in [5.41, 5.74) is -0.932. The average molecular weight is 385 g/mol. The van der Waals surface area contributed by atoms with E-state index in [9.17, 15) is 26.4 Å². The fourth-order valence-corrected chi connectivity index (χ4v) is 3.77. The van der Waals surface area contributed by atoms with Gasteiger partial charge in [-0.15, -0.1) is 0 Å². The van der Waals surface area contributed by atoms with Crippen LogP contribution in [0.3, 0.4) is 0 Å². The van der Waals surface area contributed by atoms with Crippen LogP contribution in [0.2, 0.25) is 0 Å². The van der Waals surface area contributed by atoms with Crippen molar-refractivity contribution < 1.29 is 36.6 Å². The summed E-state index contributed by atoms with van der Waals surface area (Å²) in [6.07, 6.45) is 7.48. The number of aliphatic carboxylic acids is 2. The van der Waals surface area contributed by atoms with Crippen LogP contribution < -0.4 is 5.32 Å². The second-order valence-electron chi connectivity index (χ2n) is 4.86. The highest BCUT2D eigenvalue weighted by Crippen LogP contribution is 2.15. The number of rotatable bonds is 4. The van der Waals surface area contributed by atoms with E-state index in [-0.39, 0.29) is 0 Å². The maximum Gasteiger partial charge on any atom is 0.337 e. The van der Waals surface area contributed by atoms with Crippen molar-refractivity contribution in [1.29, 1.82) is 0 Å². The third kappa shape index (κ3) is 3.84. The Morgan fingerprint density at radius 1 is 0.800 bits per heavy atom. The fraction of sp³-hybridized carbons (Fsp3) is 0.143. The molecule has 0 aromatic carbocycles. The standard InChI is InChI=1S/C14H11NO8S2/c16-13(17)7-3-1-5-9(11(7)24(20)21)15-10-6-2-4-8(14(18)19)12(10)25(22)23/h1-6,9-10,15H,(H,16,17)(H,18,19). The molecule has 132 valence electrons. The van der Waals surface area contributed by atoms with Crippen LogP contribution in [0.1, 0.15) is 0 Å². The van der Waals surface area contributed by atoms with Gasteiger partial charge in [0.15, 0.2) is 0 Å². The number of nitrogens with one attached hydrogen (secondary N) is 1. The molecule has 2 atom stereocenters. The highest BCUT2D eigenvalue weighted by Gasteiger charge is 2.32. The first-order valence-corrected chi connectivity index (χ1v) is 8.81. The summed E-state index contributed by atoms with van der Waals surface area (Å²) in [5.74, 6) is -2.92. The lowest BCUT2D eigenvalue weighted by molar-refractivity contribution is -0.133.